The van der Waals surface area contributed by atoms with Gasteiger partial charge in [-0.1, -0.05) is 0 Å². The minimum Gasteiger partial charge on any atom is -0.294 e. The SMILES string of the molecule is CC(=O)/C(=C/c1ccnc(-c2cc(C(F)(F)F)cc(C(F)(F)F)c2)n1)c1cnc(C#N)nc1. The molecule has 0 aliphatic rings. The Morgan fingerprint density at radius 3 is 2.03 bits per heavy atom. The number of Topliss-reactive ketones (excluding diaryl/α,β-unsaturated/α-hetero) is 1. The van der Waals surface area contributed by atoms with Crippen LogP contribution in [0.3, 0.4) is 0 Å². The van der Waals surface area contributed by atoms with E-state index in [9.17, 15) is 31.1 Å². The average Bonchev–Trinajstić information content (AvgIpc) is 2.76. The number of hydrogen-bond donors (Lipinski definition) is 0. The molecule has 0 unspecified atom stereocenters. The van der Waals surface area contributed by atoms with Crippen molar-refractivity contribution in [1.82, 2.24) is 19.9 Å². The number of halogens is 6. The van der Waals surface area contributed by atoms with Crippen molar-refractivity contribution in [1.29, 1.82) is 5.26 Å². The van der Waals surface area contributed by atoms with E-state index in [0.717, 1.165) is 6.20 Å². The van der Waals surface area contributed by atoms with E-state index in [-0.39, 0.29) is 28.7 Å². The largest absolute Gasteiger partial charge is 0.416 e. The first-order valence-corrected chi connectivity index (χ1v) is 8.96. The molecule has 6 nitrogen and oxygen atoms in total. The van der Waals surface area contributed by atoms with E-state index in [0.29, 0.717) is 12.1 Å². The lowest BCUT2D eigenvalue weighted by atomic mass is 10.0. The molecule has 2 aromatic heterocycles. The summed E-state index contributed by atoms with van der Waals surface area (Å²) in [5, 5.41) is 8.78. The average molecular weight is 463 g/mol. The highest BCUT2D eigenvalue weighted by Crippen LogP contribution is 2.38. The second-order valence-electron chi connectivity index (χ2n) is 6.62. The molecule has 0 radical (unpaired) electrons. The van der Waals surface area contributed by atoms with E-state index in [2.05, 4.69) is 19.9 Å². The number of hydrogen-bond acceptors (Lipinski definition) is 6. The van der Waals surface area contributed by atoms with Gasteiger partial charge in [-0.25, -0.2) is 19.9 Å². The molecule has 0 N–H and O–H groups in total. The Hall–Kier alpha value is -4.14. The van der Waals surface area contributed by atoms with Crippen LogP contribution in [0.15, 0.2) is 42.9 Å². The van der Waals surface area contributed by atoms with Crippen molar-refractivity contribution in [3.05, 3.63) is 71.1 Å². The standard InChI is InChI=1S/C21H11F6N5O/c1-11(33)17(13-9-30-18(8-28)31-10-13)7-16-2-3-29-19(32-16)12-4-14(20(22,23)24)6-15(5-12)21(25,26)27/h2-7,9-10H,1H3/b17-7-. The molecule has 3 aromatic rings. The fraction of sp³-hybridized carbons (Fsp3) is 0.143. The molecule has 0 saturated heterocycles. The normalized spacial score (nSPS) is 12.4. The third-order valence-corrected chi connectivity index (χ3v) is 4.26. The van der Waals surface area contributed by atoms with Crippen molar-refractivity contribution in [3.63, 3.8) is 0 Å². The maximum Gasteiger partial charge on any atom is 0.416 e. The predicted molar refractivity (Wildman–Crippen MR) is 103 cm³/mol. The van der Waals surface area contributed by atoms with E-state index in [4.69, 9.17) is 5.26 Å². The second kappa shape index (κ2) is 8.78. The van der Waals surface area contributed by atoms with Gasteiger partial charge in [0.2, 0.25) is 5.82 Å². The number of benzene rings is 1. The van der Waals surface area contributed by atoms with Gasteiger partial charge in [-0.2, -0.15) is 31.6 Å². The minimum atomic E-state index is -5.02. The molecule has 0 aliphatic heterocycles. The van der Waals surface area contributed by atoms with Crippen molar-refractivity contribution in [3.8, 4) is 17.5 Å². The van der Waals surface area contributed by atoms with Crippen LogP contribution in [0, 0.1) is 11.3 Å². The van der Waals surface area contributed by atoms with Gasteiger partial charge in [-0.3, -0.25) is 4.79 Å². The Kier molecular flexibility index (Phi) is 6.25. The first-order chi connectivity index (χ1) is 15.4. The zero-order chi connectivity index (χ0) is 24.4. The van der Waals surface area contributed by atoms with E-state index in [1.807, 2.05) is 0 Å². The van der Waals surface area contributed by atoms with Crippen LogP contribution in [0.4, 0.5) is 26.3 Å². The highest BCUT2D eigenvalue weighted by atomic mass is 19.4. The first-order valence-electron chi connectivity index (χ1n) is 8.96. The summed E-state index contributed by atoms with van der Waals surface area (Å²) in [5.74, 6) is -0.975. The van der Waals surface area contributed by atoms with Crippen molar-refractivity contribution in [2.24, 2.45) is 0 Å². The Balaban J connectivity index is 2.11. The number of alkyl halides is 6. The summed E-state index contributed by atoms with van der Waals surface area (Å²) in [6.07, 6.45) is -5.20. The summed E-state index contributed by atoms with van der Waals surface area (Å²) in [6, 6.07) is 4.07. The molecule has 1 aromatic carbocycles. The number of allylic oxidation sites excluding steroid dienone is 1. The maximum absolute atomic E-state index is 13.1. The molecule has 0 saturated carbocycles. The van der Waals surface area contributed by atoms with Crippen LogP contribution in [0.1, 0.15) is 35.1 Å². The van der Waals surface area contributed by atoms with Gasteiger partial charge in [0.05, 0.1) is 16.8 Å². The van der Waals surface area contributed by atoms with Crippen LogP contribution in [0.5, 0.6) is 0 Å². The van der Waals surface area contributed by atoms with Gasteiger partial charge >= 0.3 is 12.4 Å². The third kappa shape index (κ3) is 5.57. The molecule has 168 valence electrons. The molecule has 0 atom stereocenters. The monoisotopic (exact) mass is 463 g/mol. The van der Waals surface area contributed by atoms with Crippen molar-refractivity contribution in [2.75, 3.05) is 0 Å². The van der Waals surface area contributed by atoms with E-state index >= 15 is 0 Å². The Bertz CT molecular complexity index is 1240. The quantitative estimate of drug-likeness (QED) is 0.401. The zero-order valence-corrected chi connectivity index (χ0v) is 16.5. The Labute approximate surface area is 182 Å². The van der Waals surface area contributed by atoms with E-state index in [1.165, 1.54) is 31.5 Å². The van der Waals surface area contributed by atoms with Crippen LogP contribution in [0.25, 0.3) is 23.0 Å². The second-order valence-corrected chi connectivity index (χ2v) is 6.62. The number of nitriles is 1. The van der Waals surface area contributed by atoms with Gasteiger partial charge in [-0.05, 0) is 37.3 Å². The summed E-state index contributed by atoms with van der Waals surface area (Å²) in [6.45, 7) is 1.23. The van der Waals surface area contributed by atoms with Gasteiger partial charge in [-0.15, -0.1) is 0 Å². The van der Waals surface area contributed by atoms with Gasteiger partial charge < -0.3 is 0 Å². The smallest absolute Gasteiger partial charge is 0.294 e. The van der Waals surface area contributed by atoms with Gasteiger partial charge in [0.25, 0.3) is 0 Å². The lowest BCUT2D eigenvalue weighted by molar-refractivity contribution is -0.143. The molecule has 0 amide bonds. The molecule has 0 fully saturated rings. The van der Waals surface area contributed by atoms with E-state index < -0.39 is 40.7 Å². The van der Waals surface area contributed by atoms with E-state index in [1.54, 1.807) is 6.07 Å². The fourth-order valence-corrected chi connectivity index (χ4v) is 2.74. The highest BCUT2D eigenvalue weighted by molar-refractivity contribution is 6.24. The summed E-state index contributed by atoms with van der Waals surface area (Å²) < 4.78 is 78.9. The number of carbonyl (C=O) groups is 1. The molecular weight excluding hydrogens is 452 g/mol. The molecule has 0 spiro atoms. The van der Waals surface area contributed by atoms with Gasteiger partial charge in [0.1, 0.15) is 6.07 Å². The highest BCUT2D eigenvalue weighted by Gasteiger charge is 2.37. The molecule has 0 bridgehead atoms. The van der Waals surface area contributed by atoms with Crippen LogP contribution in [-0.4, -0.2) is 25.7 Å². The molecule has 2 heterocycles. The Morgan fingerprint density at radius 2 is 1.55 bits per heavy atom. The first kappa shape index (κ1) is 23.5. The van der Waals surface area contributed by atoms with Crippen molar-refractivity contribution >= 4 is 17.4 Å². The minimum absolute atomic E-state index is 0.00596. The lowest BCUT2D eigenvalue weighted by Crippen LogP contribution is -2.11. The maximum atomic E-state index is 13.1. The molecular formula is C21H11F6N5O. The molecule has 12 heteroatoms. The summed E-state index contributed by atoms with van der Waals surface area (Å²) in [5.41, 5.74) is -3.17. The summed E-state index contributed by atoms with van der Waals surface area (Å²) >= 11 is 0. The summed E-state index contributed by atoms with van der Waals surface area (Å²) in [7, 11) is 0. The van der Waals surface area contributed by atoms with Gasteiger partial charge in [0, 0.05) is 35.3 Å². The number of ketones is 1. The Morgan fingerprint density at radius 1 is 0.970 bits per heavy atom. The summed E-state index contributed by atoms with van der Waals surface area (Å²) in [4.78, 5) is 27.4. The third-order valence-electron chi connectivity index (χ3n) is 4.26. The predicted octanol–water partition coefficient (Wildman–Crippen LogP) is 4.97. The number of aromatic nitrogens is 4. The van der Waals surface area contributed by atoms with Crippen LogP contribution < -0.4 is 0 Å². The fourth-order valence-electron chi connectivity index (χ4n) is 2.74. The van der Waals surface area contributed by atoms with Crippen molar-refractivity contribution in [2.45, 2.75) is 19.3 Å². The molecule has 3 rings (SSSR count). The molecule has 0 aliphatic carbocycles. The topological polar surface area (TPSA) is 92.4 Å². The number of carbonyl (C=O) groups excluding carboxylic acids is 1. The lowest BCUT2D eigenvalue weighted by Gasteiger charge is -2.14. The van der Waals surface area contributed by atoms with Crippen LogP contribution >= 0.6 is 0 Å². The number of rotatable bonds is 4. The van der Waals surface area contributed by atoms with Crippen molar-refractivity contribution < 1.29 is 31.1 Å². The molecule has 33 heavy (non-hydrogen) atoms. The van der Waals surface area contributed by atoms with Crippen LogP contribution in [-0.2, 0) is 17.1 Å². The number of nitrogens with zero attached hydrogens (tertiary/aromatic N) is 5. The van der Waals surface area contributed by atoms with Crippen LogP contribution in [0.2, 0.25) is 0 Å². The zero-order valence-electron chi connectivity index (χ0n) is 16.5. The van der Waals surface area contributed by atoms with Gasteiger partial charge in [0.15, 0.2) is 11.6 Å².